The van der Waals surface area contributed by atoms with Crippen LogP contribution in [-0.4, -0.2) is 6.61 Å². The molecule has 0 radical (unpaired) electrons. The first-order chi connectivity index (χ1) is 10.7. The van der Waals surface area contributed by atoms with Crippen molar-refractivity contribution in [3.05, 3.63) is 51.7 Å². The summed E-state index contributed by atoms with van der Waals surface area (Å²) in [4.78, 5) is 0. The highest BCUT2D eigenvalue weighted by Crippen LogP contribution is 2.49. The number of rotatable bonds is 2. The highest BCUT2D eigenvalue weighted by molar-refractivity contribution is 7.08. The highest BCUT2D eigenvalue weighted by Gasteiger charge is 2.39. The molecule has 116 valence electrons. The summed E-state index contributed by atoms with van der Waals surface area (Å²) in [6.07, 6.45) is 2.65. The maximum Gasteiger partial charge on any atom is 0.0895 e. The molecular formula is C19H23NOS. The van der Waals surface area contributed by atoms with Crippen molar-refractivity contribution in [1.29, 1.82) is 0 Å². The lowest BCUT2D eigenvalue weighted by molar-refractivity contribution is -0.0381. The van der Waals surface area contributed by atoms with Gasteiger partial charge in [-0.2, -0.15) is 11.3 Å². The molecule has 4 rings (SSSR count). The number of hydrogen-bond acceptors (Lipinski definition) is 3. The van der Waals surface area contributed by atoms with Gasteiger partial charge in [-0.15, -0.1) is 0 Å². The quantitative estimate of drug-likeness (QED) is 0.789. The molecule has 0 bridgehead atoms. The van der Waals surface area contributed by atoms with Gasteiger partial charge < -0.3 is 10.1 Å². The Hall–Kier alpha value is -1.32. The second-order valence-corrected chi connectivity index (χ2v) is 7.56. The van der Waals surface area contributed by atoms with E-state index >= 15 is 0 Å². The van der Waals surface area contributed by atoms with Gasteiger partial charge in [0.05, 0.1) is 12.1 Å². The maximum atomic E-state index is 6.23. The van der Waals surface area contributed by atoms with E-state index in [1.54, 1.807) is 11.3 Å². The third-order valence-corrected chi connectivity index (χ3v) is 5.76. The summed E-state index contributed by atoms with van der Waals surface area (Å²) in [5.74, 6) is 1.10. The molecule has 3 atom stereocenters. The Bertz CT molecular complexity index is 649. The van der Waals surface area contributed by atoms with Gasteiger partial charge in [0, 0.05) is 23.8 Å². The molecule has 22 heavy (non-hydrogen) atoms. The van der Waals surface area contributed by atoms with E-state index < -0.39 is 0 Å². The summed E-state index contributed by atoms with van der Waals surface area (Å²) in [5, 5.41) is 8.24. The van der Waals surface area contributed by atoms with Crippen LogP contribution in [0.4, 0.5) is 5.69 Å². The number of anilines is 1. The Morgan fingerprint density at radius 3 is 2.95 bits per heavy atom. The fraction of sp³-hybridized carbons (Fsp3) is 0.474. The minimum absolute atomic E-state index is 0.244. The Morgan fingerprint density at radius 1 is 1.27 bits per heavy atom. The van der Waals surface area contributed by atoms with E-state index in [2.05, 4.69) is 54.2 Å². The SMILES string of the molecule is CC(C)c1ccc2c(c1)C1OCCC[C@H]1[C@H](c1ccsc1)N2. The molecule has 0 spiro atoms. The van der Waals surface area contributed by atoms with Gasteiger partial charge in [-0.25, -0.2) is 0 Å². The zero-order valence-electron chi connectivity index (χ0n) is 13.2. The molecule has 1 aromatic heterocycles. The minimum atomic E-state index is 0.244. The lowest BCUT2D eigenvalue weighted by Crippen LogP contribution is -2.35. The molecule has 2 aliphatic rings. The van der Waals surface area contributed by atoms with Crippen molar-refractivity contribution in [2.24, 2.45) is 5.92 Å². The number of thiophene rings is 1. The van der Waals surface area contributed by atoms with Crippen molar-refractivity contribution in [2.75, 3.05) is 11.9 Å². The van der Waals surface area contributed by atoms with Crippen molar-refractivity contribution in [2.45, 2.75) is 44.8 Å². The van der Waals surface area contributed by atoms with E-state index in [4.69, 9.17) is 4.74 Å². The highest BCUT2D eigenvalue weighted by atomic mass is 32.1. The van der Waals surface area contributed by atoms with Gasteiger partial charge in [0.15, 0.2) is 0 Å². The van der Waals surface area contributed by atoms with Crippen LogP contribution >= 0.6 is 11.3 Å². The summed E-state index contributed by atoms with van der Waals surface area (Å²) >= 11 is 1.78. The molecule has 1 unspecified atom stereocenters. The van der Waals surface area contributed by atoms with Crippen LogP contribution < -0.4 is 5.32 Å². The second-order valence-electron chi connectivity index (χ2n) is 6.78. The summed E-state index contributed by atoms with van der Waals surface area (Å²) in [7, 11) is 0. The molecule has 2 aromatic rings. The number of fused-ring (bicyclic) bond motifs is 3. The zero-order chi connectivity index (χ0) is 15.1. The van der Waals surface area contributed by atoms with Gasteiger partial charge in [-0.1, -0.05) is 26.0 Å². The first-order valence-electron chi connectivity index (χ1n) is 8.28. The van der Waals surface area contributed by atoms with Crippen LogP contribution in [0.15, 0.2) is 35.0 Å². The smallest absolute Gasteiger partial charge is 0.0895 e. The fourth-order valence-electron chi connectivity index (χ4n) is 3.83. The maximum absolute atomic E-state index is 6.23. The monoisotopic (exact) mass is 313 g/mol. The van der Waals surface area contributed by atoms with Crippen molar-refractivity contribution in [3.8, 4) is 0 Å². The molecule has 0 aliphatic carbocycles. The van der Waals surface area contributed by atoms with Crippen LogP contribution in [0.3, 0.4) is 0 Å². The van der Waals surface area contributed by atoms with Crippen LogP contribution in [-0.2, 0) is 4.74 Å². The van der Waals surface area contributed by atoms with Crippen LogP contribution in [0.1, 0.15) is 61.4 Å². The summed E-state index contributed by atoms with van der Waals surface area (Å²) in [6.45, 7) is 5.40. The standard InChI is InChI=1S/C19H23NOS/c1-12(2)13-5-6-17-16(10-13)19-15(4-3-8-21-19)18(20-17)14-7-9-22-11-14/h5-7,9-12,15,18-20H,3-4,8H2,1-2H3/t15-,18-,19?/m0/s1. The average Bonchev–Trinajstić information content (AvgIpc) is 3.08. The number of hydrogen-bond donors (Lipinski definition) is 1. The van der Waals surface area contributed by atoms with E-state index in [1.807, 2.05) is 0 Å². The van der Waals surface area contributed by atoms with Gasteiger partial charge in [-0.3, -0.25) is 0 Å². The van der Waals surface area contributed by atoms with E-state index in [1.165, 1.54) is 35.2 Å². The third kappa shape index (κ3) is 2.37. The fourth-order valence-corrected chi connectivity index (χ4v) is 4.53. The Morgan fingerprint density at radius 2 is 2.18 bits per heavy atom. The normalized spacial score (nSPS) is 27.1. The third-order valence-electron chi connectivity index (χ3n) is 5.06. The average molecular weight is 313 g/mol. The van der Waals surface area contributed by atoms with Crippen LogP contribution in [0.2, 0.25) is 0 Å². The van der Waals surface area contributed by atoms with Crippen LogP contribution in [0.25, 0.3) is 0 Å². The molecule has 1 fully saturated rings. The van der Waals surface area contributed by atoms with Crippen molar-refractivity contribution < 1.29 is 4.74 Å². The molecular weight excluding hydrogens is 290 g/mol. The van der Waals surface area contributed by atoms with E-state index in [9.17, 15) is 0 Å². The minimum Gasteiger partial charge on any atom is -0.378 e. The second kappa shape index (κ2) is 5.71. The molecule has 3 heteroatoms. The first-order valence-corrected chi connectivity index (χ1v) is 9.22. The lowest BCUT2D eigenvalue weighted by Gasteiger charge is -2.43. The van der Waals surface area contributed by atoms with E-state index in [0.29, 0.717) is 17.9 Å². The Balaban J connectivity index is 1.77. The molecule has 0 amide bonds. The van der Waals surface area contributed by atoms with Gasteiger partial charge in [0.1, 0.15) is 0 Å². The van der Waals surface area contributed by atoms with E-state index in [-0.39, 0.29) is 6.10 Å². The first kappa shape index (κ1) is 14.3. The molecule has 1 saturated heterocycles. The van der Waals surface area contributed by atoms with Gasteiger partial charge >= 0.3 is 0 Å². The predicted molar refractivity (Wildman–Crippen MR) is 92.6 cm³/mol. The number of ether oxygens (including phenoxy) is 1. The summed E-state index contributed by atoms with van der Waals surface area (Å²) in [6, 6.07) is 9.50. The lowest BCUT2D eigenvalue weighted by atomic mass is 9.77. The van der Waals surface area contributed by atoms with Gasteiger partial charge in [-0.05, 0) is 52.8 Å². The summed E-state index contributed by atoms with van der Waals surface area (Å²) in [5.41, 5.74) is 5.43. The van der Waals surface area contributed by atoms with Crippen molar-refractivity contribution >= 4 is 17.0 Å². The van der Waals surface area contributed by atoms with Crippen LogP contribution in [0.5, 0.6) is 0 Å². The number of benzene rings is 1. The predicted octanol–water partition coefficient (Wildman–Crippen LogP) is 5.51. The van der Waals surface area contributed by atoms with Gasteiger partial charge in [0.25, 0.3) is 0 Å². The van der Waals surface area contributed by atoms with Crippen molar-refractivity contribution in [1.82, 2.24) is 0 Å². The molecule has 0 saturated carbocycles. The molecule has 3 heterocycles. The van der Waals surface area contributed by atoms with Crippen molar-refractivity contribution in [3.63, 3.8) is 0 Å². The largest absolute Gasteiger partial charge is 0.378 e. The summed E-state index contributed by atoms with van der Waals surface area (Å²) < 4.78 is 6.23. The Kier molecular flexibility index (Phi) is 3.71. The van der Waals surface area contributed by atoms with E-state index in [0.717, 1.165) is 6.61 Å². The molecule has 2 aliphatic heterocycles. The van der Waals surface area contributed by atoms with Gasteiger partial charge in [0.2, 0.25) is 0 Å². The Labute approximate surface area is 136 Å². The molecule has 2 nitrogen and oxygen atoms in total. The topological polar surface area (TPSA) is 21.3 Å². The number of nitrogens with one attached hydrogen (secondary N) is 1. The molecule has 1 N–H and O–H groups in total. The zero-order valence-corrected chi connectivity index (χ0v) is 14.0. The van der Waals surface area contributed by atoms with Crippen LogP contribution in [0, 0.1) is 5.92 Å². The molecule has 1 aromatic carbocycles.